The number of hydrogen-bond donors (Lipinski definition) is 2. The van der Waals surface area contributed by atoms with Crippen molar-refractivity contribution < 1.29 is 15.0 Å². The molecule has 3 nitrogen and oxygen atoms in total. The van der Waals surface area contributed by atoms with Crippen molar-refractivity contribution in [2.75, 3.05) is 0 Å². The van der Waals surface area contributed by atoms with Gasteiger partial charge in [0.2, 0.25) is 0 Å². The van der Waals surface area contributed by atoms with Gasteiger partial charge < -0.3 is 10.2 Å². The molecule has 0 aliphatic heterocycles. The summed E-state index contributed by atoms with van der Waals surface area (Å²) in [5.74, 6) is -0.0114. The van der Waals surface area contributed by atoms with Crippen molar-refractivity contribution in [3.05, 3.63) is 46.6 Å². The van der Waals surface area contributed by atoms with Gasteiger partial charge in [0, 0.05) is 28.0 Å². The van der Waals surface area contributed by atoms with Gasteiger partial charge in [0.1, 0.15) is 11.5 Å². The first-order valence-corrected chi connectivity index (χ1v) is 6.86. The van der Waals surface area contributed by atoms with Crippen molar-refractivity contribution in [1.29, 1.82) is 0 Å². The summed E-state index contributed by atoms with van der Waals surface area (Å²) in [4.78, 5) is 12.1. The van der Waals surface area contributed by atoms with Crippen LogP contribution in [0.25, 0.3) is 0 Å². The highest BCUT2D eigenvalue weighted by Crippen LogP contribution is 2.49. The van der Waals surface area contributed by atoms with Gasteiger partial charge in [-0.25, -0.2) is 0 Å². The number of hydrogen-bond acceptors (Lipinski definition) is 3. The largest absolute Gasteiger partial charge is 0.507 e. The Morgan fingerprint density at radius 2 is 1.95 bits per heavy atom. The molecule has 104 valence electrons. The minimum absolute atomic E-state index is 0.0337. The summed E-state index contributed by atoms with van der Waals surface area (Å²) in [6.07, 6.45) is 7.79. The van der Waals surface area contributed by atoms with E-state index in [0.29, 0.717) is 17.5 Å². The Morgan fingerprint density at radius 3 is 2.65 bits per heavy atom. The number of fused-ring (bicyclic) bond motifs is 2. The zero-order valence-corrected chi connectivity index (χ0v) is 11.9. The molecule has 1 unspecified atom stereocenters. The van der Waals surface area contributed by atoms with Crippen molar-refractivity contribution in [2.24, 2.45) is 0 Å². The third kappa shape index (κ3) is 1.56. The molecule has 0 heterocycles. The highest BCUT2D eigenvalue weighted by atomic mass is 16.3. The number of benzene rings is 1. The van der Waals surface area contributed by atoms with Crippen LogP contribution in [0.5, 0.6) is 11.5 Å². The van der Waals surface area contributed by atoms with Crippen LogP contribution in [0.3, 0.4) is 0 Å². The fourth-order valence-electron chi connectivity index (χ4n) is 3.29. The fraction of sp³-hybridized carbons (Fsp3) is 0.353. The van der Waals surface area contributed by atoms with E-state index in [4.69, 9.17) is 0 Å². The van der Waals surface area contributed by atoms with Crippen molar-refractivity contribution in [3.8, 4) is 11.5 Å². The number of phenols is 2. The summed E-state index contributed by atoms with van der Waals surface area (Å²) >= 11 is 0. The van der Waals surface area contributed by atoms with Gasteiger partial charge in [-0.2, -0.15) is 0 Å². The Labute approximate surface area is 118 Å². The molecule has 0 aromatic heterocycles. The van der Waals surface area contributed by atoms with Crippen LogP contribution in [-0.2, 0) is 11.8 Å². The van der Waals surface area contributed by atoms with Crippen LogP contribution >= 0.6 is 0 Å². The molecule has 2 aliphatic carbocycles. The lowest BCUT2D eigenvalue weighted by Crippen LogP contribution is -2.24. The number of ketones is 1. The van der Waals surface area contributed by atoms with E-state index in [1.165, 1.54) is 6.08 Å². The summed E-state index contributed by atoms with van der Waals surface area (Å²) in [7, 11) is 0. The van der Waals surface area contributed by atoms with Crippen molar-refractivity contribution in [2.45, 2.75) is 38.5 Å². The molecular weight excluding hydrogens is 252 g/mol. The van der Waals surface area contributed by atoms with Gasteiger partial charge in [0.25, 0.3) is 0 Å². The lowest BCUT2D eigenvalue weighted by Gasteiger charge is -2.32. The number of aromatic hydroxyl groups is 2. The summed E-state index contributed by atoms with van der Waals surface area (Å²) in [5.41, 5.74) is 1.76. The van der Waals surface area contributed by atoms with E-state index in [1.807, 2.05) is 32.9 Å². The fourth-order valence-corrected chi connectivity index (χ4v) is 3.29. The minimum atomic E-state index is -0.472. The molecule has 0 amide bonds. The van der Waals surface area contributed by atoms with Gasteiger partial charge in [-0.15, -0.1) is 0 Å². The molecule has 0 spiro atoms. The molecule has 2 N–H and O–H groups in total. The molecule has 3 heteroatoms. The Bertz CT molecular complexity index is 678. The number of allylic oxidation sites excluding steroid dienone is 4. The molecule has 20 heavy (non-hydrogen) atoms. The predicted octanol–water partition coefficient (Wildman–Crippen LogP) is 3.34. The maximum atomic E-state index is 12.1. The Kier molecular flexibility index (Phi) is 2.58. The first-order valence-electron chi connectivity index (χ1n) is 6.86. The molecule has 1 aromatic rings. The molecular formula is C17H18O3. The van der Waals surface area contributed by atoms with Crippen LogP contribution < -0.4 is 0 Å². The van der Waals surface area contributed by atoms with E-state index >= 15 is 0 Å². The number of phenolic OH excluding ortho intramolecular Hbond substituents is 2. The maximum absolute atomic E-state index is 12.1. The summed E-state index contributed by atoms with van der Waals surface area (Å²) in [5, 5.41) is 21.2. The second kappa shape index (κ2) is 3.98. The second-order valence-electron chi connectivity index (χ2n) is 6.18. The standard InChI is InChI=1S/C17H18O3/c1-9-5-4-6-10-12(9)16(20)14-13(15(10)19)11(18)7-8-17(14,2)3/h4-5,7-9,19-20H,6H2,1-3H3. The van der Waals surface area contributed by atoms with E-state index in [2.05, 4.69) is 0 Å². The highest BCUT2D eigenvalue weighted by molar-refractivity contribution is 6.10. The smallest absolute Gasteiger partial charge is 0.189 e. The minimum Gasteiger partial charge on any atom is -0.507 e. The first kappa shape index (κ1) is 13.0. The average Bonchev–Trinajstić information content (AvgIpc) is 2.38. The molecule has 2 aliphatic rings. The Hall–Kier alpha value is -2.03. The van der Waals surface area contributed by atoms with Crippen LogP contribution in [0.1, 0.15) is 53.7 Å². The van der Waals surface area contributed by atoms with Gasteiger partial charge in [0.05, 0.1) is 5.56 Å². The molecule has 0 saturated carbocycles. The number of carbonyl (C=O) groups is 1. The summed E-state index contributed by atoms with van der Waals surface area (Å²) in [6, 6.07) is 0. The molecule has 0 radical (unpaired) electrons. The SMILES string of the molecule is CC1C=CCc2c(O)c3c(c(O)c21)C(C)(C)C=CC3=O. The highest BCUT2D eigenvalue weighted by Gasteiger charge is 2.37. The van der Waals surface area contributed by atoms with Crippen LogP contribution in [0.15, 0.2) is 24.3 Å². The first-order chi connectivity index (χ1) is 9.34. The molecule has 0 saturated heterocycles. The van der Waals surface area contributed by atoms with Gasteiger partial charge >= 0.3 is 0 Å². The van der Waals surface area contributed by atoms with Crippen LogP contribution in [0, 0.1) is 0 Å². The van der Waals surface area contributed by atoms with E-state index in [-0.39, 0.29) is 28.8 Å². The van der Waals surface area contributed by atoms with E-state index in [1.54, 1.807) is 6.08 Å². The lowest BCUT2D eigenvalue weighted by atomic mass is 9.72. The van der Waals surface area contributed by atoms with Gasteiger partial charge in [0.15, 0.2) is 5.78 Å². The zero-order valence-electron chi connectivity index (χ0n) is 11.9. The van der Waals surface area contributed by atoms with Gasteiger partial charge in [-0.1, -0.05) is 39.0 Å². The monoisotopic (exact) mass is 270 g/mol. The van der Waals surface area contributed by atoms with Crippen molar-refractivity contribution in [3.63, 3.8) is 0 Å². The molecule has 1 aromatic carbocycles. The van der Waals surface area contributed by atoms with E-state index in [0.717, 1.165) is 5.56 Å². The second-order valence-corrected chi connectivity index (χ2v) is 6.18. The van der Waals surface area contributed by atoms with Crippen molar-refractivity contribution in [1.82, 2.24) is 0 Å². The third-order valence-electron chi connectivity index (χ3n) is 4.33. The van der Waals surface area contributed by atoms with E-state index < -0.39 is 5.41 Å². The summed E-state index contributed by atoms with van der Waals surface area (Å²) < 4.78 is 0. The van der Waals surface area contributed by atoms with Crippen LogP contribution in [0.4, 0.5) is 0 Å². The molecule has 0 bridgehead atoms. The molecule has 0 fully saturated rings. The van der Waals surface area contributed by atoms with Gasteiger partial charge in [-0.05, 0) is 12.5 Å². The maximum Gasteiger partial charge on any atom is 0.189 e. The average molecular weight is 270 g/mol. The lowest BCUT2D eigenvalue weighted by molar-refractivity contribution is 0.103. The molecule has 1 atom stereocenters. The zero-order chi connectivity index (χ0) is 14.7. The van der Waals surface area contributed by atoms with E-state index in [9.17, 15) is 15.0 Å². The van der Waals surface area contributed by atoms with Crippen molar-refractivity contribution >= 4 is 5.78 Å². The molecule has 3 rings (SSSR count). The number of carbonyl (C=O) groups excluding carboxylic acids is 1. The normalized spacial score (nSPS) is 22.6. The number of rotatable bonds is 0. The van der Waals surface area contributed by atoms with Crippen LogP contribution in [0.2, 0.25) is 0 Å². The summed E-state index contributed by atoms with van der Waals surface area (Å²) in [6.45, 7) is 5.85. The van der Waals surface area contributed by atoms with Gasteiger partial charge in [-0.3, -0.25) is 4.79 Å². The topological polar surface area (TPSA) is 57.5 Å². The Morgan fingerprint density at radius 1 is 1.25 bits per heavy atom. The van der Waals surface area contributed by atoms with Crippen LogP contribution in [-0.4, -0.2) is 16.0 Å². The Balaban J connectivity index is 2.43. The quantitative estimate of drug-likeness (QED) is 0.561. The predicted molar refractivity (Wildman–Crippen MR) is 77.5 cm³/mol. The third-order valence-corrected chi connectivity index (χ3v) is 4.33.